The van der Waals surface area contributed by atoms with E-state index in [1.54, 1.807) is 0 Å². The van der Waals surface area contributed by atoms with Crippen molar-refractivity contribution in [2.75, 3.05) is 0 Å². The number of hydrogen-bond donors (Lipinski definition) is 0. The van der Waals surface area contributed by atoms with E-state index in [9.17, 15) is 4.79 Å². The predicted octanol–water partition coefficient (Wildman–Crippen LogP) is 1.63. The standard InChI is InChI=1S/C9H16O2/c1-5-6(2)9(10)8(4)11-7(5)3/h5-8H,1-4H3. The van der Waals surface area contributed by atoms with E-state index < -0.39 is 0 Å². The number of carbonyl (C=O) groups excluding carboxylic acids is 1. The average molecular weight is 156 g/mol. The van der Waals surface area contributed by atoms with E-state index in [1.807, 2.05) is 20.8 Å². The SMILES string of the molecule is CC1OC(C)C(C)C(C)C1=O. The van der Waals surface area contributed by atoms with Gasteiger partial charge in [-0.15, -0.1) is 0 Å². The Balaban J connectivity index is 2.70. The Morgan fingerprint density at radius 1 is 1.18 bits per heavy atom. The van der Waals surface area contributed by atoms with Crippen molar-refractivity contribution in [3.8, 4) is 0 Å². The van der Waals surface area contributed by atoms with E-state index in [4.69, 9.17) is 4.74 Å². The zero-order valence-electron chi connectivity index (χ0n) is 7.63. The van der Waals surface area contributed by atoms with Crippen molar-refractivity contribution in [1.82, 2.24) is 0 Å². The quantitative estimate of drug-likeness (QED) is 0.533. The Hall–Kier alpha value is -0.370. The van der Waals surface area contributed by atoms with E-state index in [2.05, 4.69) is 6.92 Å². The van der Waals surface area contributed by atoms with Gasteiger partial charge in [-0.1, -0.05) is 13.8 Å². The first-order valence-electron chi connectivity index (χ1n) is 4.23. The van der Waals surface area contributed by atoms with E-state index in [0.29, 0.717) is 5.92 Å². The minimum Gasteiger partial charge on any atom is -0.367 e. The largest absolute Gasteiger partial charge is 0.367 e. The van der Waals surface area contributed by atoms with Gasteiger partial charge in [-0.05, 0) is 19.8 Å². The highest BCUT2D eigenvalue weighted by Gasteiger charge is 2.35. The highest BCUT2D eigenvalue weighted by atomic mass is 16.5. The summed E-state index contributed by atoms with van der Waals surface area (Å²) in [6, 6.07) is 0. The topological polar surface area (TPSA) is 26.3 Å². The Bertz CT molecular complexity index is 165. The number of hydrogen-bond acceptors (Lipinski definition) is 2. The molecule has 0 bridgehead atoms. The maximum absolute atomic E-state index is 11.4. The van der Waals surface area contributed by atoms with Crippen LogP contribution in [0.2, 0.25) is 0 Å². The number of ketones is 1. The molecule has 1 fully saturated rings. The first-order chi connectivity index (χ1) is 5.04. The fourth-order valence-corrected chi connectivity index (χ4v) is 1.55. The Labute approximate surface area is 67.9 Å². The molecule has 0 N–H and O–H groups in total. The van der Waals surface area contributed by atoms with Crippen molar-refractivity contribution in [2.45, 2.75) is 39.9 Å². The van der Waals surface area contributed by atoms with Crippen molar-refractivity contribution in [3.63, 3.8) is 0 Å². The molecular weight excluding hydrogens is 140 g/mol. The molecule has 2 heteroatoms. The second kappa shape index (κ2) is 2.94. The first kappa shape index (κ1) is 8.72. The number of carbonyl (C=O) groups is 1. The molecule has 0 spiro atoms. The van der Waals surface area contributed by atoms with Crippen molar-refractivity contribution in [2.24, 2.45) is 11.8 Å². The molecule has 11 heavy (non-hydrogen) atoms. The lowest BCUT2D eigenvalue weighted by molar-refractivity contribution is -0.152. The second-order valence-corrected chi connectivity index (χ2v) is 3.53. The van der Waals surface area contributed by atoms with Crippen LogP contribution in [-0.2, 0) is 9.53 Å². The van der Waals surface area contributed by atoms with Gasteiger partial charge in [0, 0.05) is 5.92 Å². The van der Waals surface area contributed by atoms with Crippen LogP contribution in [0.1, 0.15) is 27.7 Å². The fraction of sp³-hybridized carbons (Fsp3) is 0.889. The summed E-state index contributed by atoms with van der Waals surface area (Å²) >= 11 is 0. The molecule has 64 valence electrons. The van der Waals surface area contributed by atoms with Crippen LogP contribution in [0.25, 0.3) is 0 Å². The molecule has 1 aliphatic rings. The highest BCUT2D eigenvalue weighted by Crippen LogP contribution is 2.26. The summed E-state index contributed by atoms with van der Waals surface area (Å²) in [5, 5.41) is 0. The van der Waals surface area contributed by atoms with Gasteiger partial charge in [0.2, 0.25) is 0 Å². The van der Waals surface area contributed by atoms with Crippen molar-refractivity contribution in [1.29, 1.82) is 0 Å². The van der Waals surface area contributed by atoms with E-state index in [-0.39, 0.29) is 23.9 Å². The van der Waals surface area contributed by atoms with Crippen LogP contribution in [0.3, 0.4) is 0 Å². The molecule has 2 nitrogen and oxygen atoms in total. The molecule has 1 aliphatic heterocycles. The van der Waals surface area contributed by atoms with Crippen molar-refractivity contribution < 1.29 is 9.53 Å². The fourth-order valence-electron chi connectivity index (χ4n) is 1.55. The molecule has 0 aromatic heterocycles. The summed E-state index contributed by atoms with van der Waals surface area (Å²) in [5.41, 5.74) is 0. The van der Waals surface area contributed by atoms with Gasteiger partial charge in [0.25, 0.3) is 0 Å². The number of Topliss-reactive ketones (excluding diaryl/α,β-unsaturated/α-hetero) is 1. The third kappa shape index (κ3) is 1.45. The van der Waals surface area contributed by atoms with Crippen molar-refractivity contribution >= 4 is 5.78 Å². The monoisotopic (exact) mass is 156 g/mol. The summed E-state index contributed by atoms with van der Waals surface area (Å²) in [5.74, 6) is 0.767. The van der Waals surface area contributed by atoms with E-state index in [0.717, 1.165) is 0 Å². The minimum atomic E-state index is -0.198. The van der Waals surface area contributed by atoms with E-state index in [1.165, 1.54) is 0 Å². The van der Waals surface area contributed by atoms with Crippen LogP contribution in [0.4, 0.5) is 0 Å². The summed E-state index contributed by atoms with van der Waals surface area (Å²) in [7, 11) is 0. The lowest BCUT2D eigenvalue weighted by atomic mass is 9.83. The van der Waals surface area contributed by atoms with Crippen LogP contribution >= 0.6 is 0 Å². The van der Waals surface area contributed by atoms with Gasteiger partial charge in [0.05, 0.1) is 6.10 Å². The third-order valence-electron chi connectivity index (χ3n) is 2.80. The van der Waals surface area contributed by atoms with Gasteiger partial charge in [0.1, 0.15) is 6.10 Å². The van der Waals surface area contributed by atoms with Crippen LogP contribution in [-0.4, -0.2) is 18.0 Å². The maximum atomic E-state index is 11.4. The minimum absolute atomic E-state index is 0.161. The van der Waals surface area contributed by atoms with Crippen LogP contribution in [0.5, 0.6) is 0 Å². The third-order valence-corrected chi connectivity index (χ3v) is 2.80. The van der Waals surface area contributed by atoms with Gasteiger partial charge in [-0.25, -0.2) is 0 Å². The Kier molecular flexibility index (Phi) is 2.33. The van der Waals surface area contributed by atoms with Crippen LogP contribution in [0.15, 0.2) is 0 Å². The molecule has 0 saturated carbocycles. The smallest absolute Gasteiger partial charge is 0.164 e. The average Bonchev–Trinajstić information content (AvgIpc) is 1.97. The Morgan fingerprint density at radius 3 is 2.27 bits per heavy atom. The molecule has 1 saturated heterocycles. The molecule has 0 amide bonds. The summed E-state index contributed by atoms with van der Waals surface area (Å²) < 4.78 is 5.43. The summed E-state index contributed by atoms with van der Waals surface area (Å²) in [6.07, 6.45) is 0.0221. The number of rotatable bonds is 0. The summed E-state index contributed by atoms with van der Waals surface area (Å²) in [4.78, 5) is 11.4. The van der Waals surface area contributed by atoms with Gasteiger partial charge in [-0.3, -0.25) is 4.79 Å². The molecule has 4 unspecified atom stereocenters. The highest BCUT2D eigenvalue weighted by molar-refractivity contribution is 5.85. The normalized spacial score (nSPS) is 46.0. The maximum Gasteiger partial charge on any atom is 0.164 e. The molecule has 4 atom stereocenters. The van der Waals surface area contributed by atoms with Gasteiger partial charge < -0.3 is 4.74 Å². The molecule has 0 aromatic carbocycles. The lowest BCUT2D eigenvalue weighted by Gasteiger charge is -2.34. The van der Waals surface area contributed by atoms with Gasteiger partial charge >= 0.3 is 0 Å². The predicted molar refractivity (Wildman–Crippen MR) is 43.3 cm³/mol. The van der Waals surface area contributed by atoms with Gasteiger partial charge in [0.15, 0.2) is 5.78 Å². The zero-order chi connectivity index (χ0) is 8.59. The van der Waals surface area contributed by atoms with Crippen LogP contribution < -0.4 is 0 Å². The molecule has 0 aliphatic carbocycles. The molecule has 0 radical (unpaired) electrons. The van der Waals surface area contributed by atoms with Crippen LogP contribution in [0, 0.1) is 11.8 Å². The molecule has 1 heterocycles. The Morgan fingerprint density at radius 2 is 1.73 bits per heavy atom. The number of ether oxygens (including phenoxy) is 1. The molecular formula is C9H16O2. The van der Waals surface area contributed by atoms with Crippen molar-refractivity contribution in [3.05, 3.63) is 0 Å². The molecule has 0 aromatic rings. The lowest BCUT2D eigenvalue weighted by Crippen LogP contribution is -2.43. The summed E-state index contributed by atoms with van der Waals surface area (Å²) in [6.45, 7) is 7.92. The first-order valence-corrected chi connectivity index (χ1v) is 4.23. The van der Waals surface area contributed by atoms with E-state index >= 15 is 0 Å². The second-order valence-electron chi connectivity index (χ2n) is 3.53. The molecule has 1 rings (SSSR count). The van der Waals surface area contributed by atoms with Gasteiger partial charge in [-0.2, -0.15) is 0 Å². The zero-order valence-corrected chi connectivity index (χ0v) is 7.63.